The quantitative estimate of drug-likeness (QED) is 0.349. The summed E-state index contributed by atoms with van der Waals surface area (Å²) in [5, 5.41) is 6.38. The number of nitrogens with one attached hydrogen (secondary N) is 2. The van der Waals surface area contributed by atoms with Gasteiger partial charge in [-0.05, 0) is 31.9 Å². The molecule has 1 aliphatic heterocycles. The van der Waals surface area contributed by atoms with Gasteiger partial charge >= 0.3 is 0 Å². The van der Waals surface area contributed by atoms with Crippen molar-refractivity contribution in [2.45, 2.75) is 32.6 Å². The number of hydrogen-bond donors (Lipinski definition) is 2. The van der Waals surface area contributed by atoms with E-state index in [1.165, 1.54) is 0 Å². The number of carbonyl (C=O) groups is 2. The Balaban J connectivity index is 1.70. The molecule has 0 atom stereocenters. The number of guanidine groups is 1. The lowest BCUT2D eigenvalue weighted by molar-refractivity contribution is -0.128. The fraction of sp³-hybridized carbons (Fsp3) is 0.600. The van der Waals surface area contributed by atoms with Gasteiger partial charge in [0.25, 0.3) is 0 Å². The molecule has 1 fully saturated rings. The average Bonchev–Trinajstić information content (AvgIpc) is 3.12. The van der Waals surface area contributed by atoms with Gasteiger partial charge < -0.3 is 20.4 Å². The van der Waals surface area contributed by atoms with Gasteiger partial charge in [-0.3, -0.25) is 14.6 Å². The summed E-state index contributed by atoms with van der Waals surface area (Å²) in [5.74, 6) is 0.845. The van der Waals surface area contributed by atoms with Gasteiger partial charge in [0.15, 0.2) is 5.96 Å². The number of carbonyl (C=O) groups excluding carboxylic acids is 2. The molecule has 0 saturated carbocycles. The summed E-state index contributed by atoms with van der Waals surface area (Å²) in [4.78, 5) is 36.2. The van der Waals surface area contributed by atoms with E-state index in [2.05, 4.69) is 20.6 Å². The van der Waals surface area contributed by atoms with Crippen LogP contribution >= 0.6 is 0 Å². The molecule has 2 amide bonds. The molecule has 1 aromatic heterocycles. The first kappa shape index (κ1) is 21.7. The summed E-state index contributed by atoms with van der Waals surface area (Å²) in [6.45, 7) is 5.75. The predicted octanol–water partition coefficient (Wildman–Crippen LogP) is 0.650. The van der Waals surface area contributed by atoms with Crippen molar-refractivity contribution in [3.05, 3.63) is 30.1 Å². The molecule has 2 N–H and O–H groups in total. The highest BCUT2D eigenvalue weighted by Crippen LogP contribution is 2.09. The number of pyridine rings is 1. The van der Waals surface area contributed by atoms with Crippen LogP contribution in [0.5, 0.6) is 0 Å². The van der Waals surface area contributed by atoms with E-state index in [0.717, 1.165) is 44.6 Å². The van der Waals surface area contributed by atoms with Crippen molar-refractivity contribution in [3.63, 3.8) is 0 Å². The van der Waals surface area contributed by atoms with Crippen LogP contribution in [0.25, 0.3) is 0 Å². The van der Waals surface area contributed by atoms with Crippen LogP contribution in [0.3, 0.4) is 0 Å². The molecule has 0 spiro atoms. The van der Waals surface area contributed by atoms with Crippen molar-refractivity contribution in [1.29, 1.82) is 0 Å². The summed E-state index contributed by atoms with van der Waals surface area (Å²) >= 11 is 0. The highest BCUT2D eigenvalue weighted by molar-refractivity contribution is 5.84. The lowest BCUT2D eigenvalue weighted by Gasteiger charge is -2.17. The van der Waals surface area contributed by atoms with Gasteiger partial charge in [0.05, 0.1) is 0 Å². The van der Waals surface area contributed by atoms with Crippen LogP contribution in [-0.4, -0.2) is 78.9 Å². The normalized spacial score (nSPS) is 14.3. The molecule has 2 heterocycles. The smallest absolute Gasteiger partial charge is 0.244 e. The maximum Gasteiger partial charge on any atom is 0.244 e. The van der Waals surface area contributed by atoms with E-state index >= 15 is 0 Å². The van der Waals surface area contributed by atoms with Crippen molar-refractivity contribution < 1.29 is 9.59 Å². The molecule has 0 aliphatic carbocycles. The third-order valence-corrected chi connectivity index (χ3v) is 4.64. The van der Waals surface area contributed by atoms with Gasteiger partial charge in [-0.15, -0.1) is 0 Å². The molecule has 1 aliphatic rings. The van der Waals surface area contributed by atoms with Crippen LogP contribution in [0.1, 0.15) is 31.9 Å². The molecular formula is C20H32N6O2. The molecular weight excluding hydrogens is 356 g/mol. The second-order valence-electron chi connectivity index (χ2n) is 6.85. The van der Waals surface area contributed by atoms with Crippen LogP contribution < -0.4 is 10.6 Å². The Kier molecular flexibility index (Phi) is 9.24. The molecule has 8 heteroatoms. The van der Waals surface area contributed by atoms with E-state index in [1.807, 2.05) is 30.0 Å². The van der Waals surface area contributed by atoms with Crippen molar-refractivity contribution >= 4 is 17.8 Å². The Morgan fingerprint density at radius 2 is 2.21 bits per heavy atom. The molecule has 0 aromatic carbocycles. The van der Waals surface area contributed by atoms with E-state index in [4.69, 9.17) is 0 Å². The van der Waals surface area contributed by atoms with Crippen LogP contribution in [0.4, 0.5) is 0 Å². The summed E-state index contributed by atoms with van der Waals surface area (Å²) in [5.41, 5.74) is 0.970. The largest absolute Gasteiger partial charge is 0.357 e. The number of aromatic nitrogens is 1. The Morgan fingerprint density at radius 3 is 2.89 bits per heavy atom. The van der Waals surface area contributed by atoms with E-state index in [9.17, 15) is 9.59 Å². The molecule has 8 nitrogen and oxygen atoms in total. The van der Waals surface area contributed by atoms with Gasteiger partial charge in [0.1, 0.15) is 6.54 Å². The number of likely N-dealkylation sites (tertiary alicyclic amines) is 1. The zero-order valence-corrected chi connectivity index (χ0v) is 17.0. The van der Waals surface area contributed by atoms with Gasteiger partial charge in [0.2, 0.25) is 11.8 Å². The van der Waals surface area contributed by atoms with Crippen LogP contribution in [0, 0.1) is 0 Å². The standard InChI is InChI=1S/C20H32N6O2/c1-3-21-20(23-12-7-14-26-13-6-9-18(26)27)24-16-19(28)25(2)15-10-17-8-4-5-11-22-17/h4-5,8,11H,3,6-7,9-10,12-16H2,1-2H3,(H2,21,23,24). The van der Waals surface area contributed by atoms with Gasteiger partial charge in [-0.25, -0.2) is 4.99 Å². The monoisotopic (exact) mass is 388 g/mol. The summed E-state index contributed by atoms with van der Waals surface area (Å²) in [6, 6.07) is 5.78. The lowest BCUT2D eigenvalue weighted by atomic mass is 10.2. The highest BCUT2D eigenvalue weighted by atomic mass is 16.2. The number of rotatable bonds is 10. The van der Waals surface area contributed by atoms with E-state index in [-0.39, 0.29) is 18.4 Å². The molecule has 1 saturated heterocycles. The van der Waals surface area contributed by atoms with Crippen LogP contribution in [0.2, 0.25) is 0 Å². The fourth-order valence-electron chi connectivity index (χ4n) is 2.98. The number of likely N-dealkylation sites (N-methyl/N-ethyl adjacent to an activating group) is 1. The minimum absolute atomic E-state index is 0.0317. The minimum atomic E-state index is -0.0317. The van der Waals surface area contributed by atoms with E-state index in [1.54, 1.807) is 18.1 Å². The highest BCUT2D eigenvalue weighted by Gasteiger charge is 2.19. The van der Waals surface area contributed by atoms with Gasteiger partial charge in [-0.1, -0.05) is 6.07 Å². The van der Waals surface area contributed by atoms with E-state index < -0.39 is 0 Å². The number of nitrogens with zero attached hydrogens (tertiary/aromatic N) is 4. The third-order valence-electron chi connectivity index (χ3n) is 4.64. The molecule has 0 unspecified atom stereocenters. The first-order chi connectivity index (χ1) is 13.6. The van der Waals surface area contributed by atoms with Gasteiger partial charge in [0, 0.05) is 64.5 Å². The molecule has 28 heavy (non-hydrogen) atoms. The zero-order valence-electron chi connectivity index (χ0n) is 17.0. The molecule has 154 valence electrons. The molecule has 1 aromatic rings. The Hall–Kier alpha value is -2.64. The average molecular weight is 389 g/mol. The first-order valence-corrected chi connectivity index (χ1v) is 10.0. The van der Waals surface area contributed by atoms with Crippen molar-refractivity contribution in [1.82, 2.24) is 25.4 Å². The predicted molar refractivity (Wildman–Crippen MR) is 110 cm³/mol. The Morgan fingerprint density at radius 1 is 1.36 bits per heavy atom. The van der Waals surface area contributed by atoms with Crippen LogP contribution in [0.15, 0.2) is 29.4 Å². The van der Waals surface area contributed by atoms with Crippen LogP contribution in [-0.2, 0) is 16.0 Å². The number of hydrogen-bond acceptors (Lipinski definition) is 4. The van der Waals surface area contributed by atoms with E-state index in [0.29, 0.717) is 25.5 Å². The number of amides is 2. The van der Waals surface area contributed by atoms with Crippen molar-refractivity contribution in [2.24, 2.45) is 4.99 Å². The second kappa shape index (κ2) is 11.9. The lowest BCUT2D eigenvalue weighted by Crippen LogP contribution is -2.40. The SMILES string of the molecule is CCNC(=NCC(=O)N(C)CCc1ccccn1)NCCCN1CCCC1=O. The molecule has 0 radical (unpaired) electrons. The third kappa shape index (κ3) is 7.54. The zero-order chi connectivity index (χ0) is 20.2. The second-order valence-corrected chi connectivity index (χ2v) is 6.85. The maximum atomic E-state index is 12.3. The maximum absolute atomic E-state index is 12.3. The minimum Gasteiger partial charge on any atom is -0.357 e. The summed E-state index contributed by atoms with van der Waals surface area (Å²) < 4.78 is 0. The first-order valence-electron chi connectivity index (χ1n) is 10.0. The summed E-state index contributed by atoms with van der Waals surface area (Å²) in [6.07, 6.45) is 4.98. The Bertz CT molecular complexity index is 649. The molecule has 0 bridgehead atoms. The van der Waals surface area contributed by atoms with Crippen molar-refractivity contribution in [3.8, 4) is 0 Å². The van der Waals surface area contributed by atoms with Gasteiger partial charge in [-0.2, -0.15) is 0 Å². The fourth-order valence-corrected chi connectivity index (χ4v) is 2.98. The molecule has 2 rings (SSSR count). The summed E-state index contributed by atoms with van der Waals surface area (Å²) in [7, 11) is 1.79. The Labute approximate surface area is 167 Å². The topological polar surface area (TPSA) is 89.9 Å². The van der Waals surface area contributed by atoms with Crippen molar-refractivity contribution in [2.75, 3.05) is 46.3 Å². The number of aliphatic imine (C=N–C) groups is 1.